The molecule has 0 saturated carbocycles. The van der Waals surface area contributed by atoms with Crippen LogP contribution in [0.15, 0.2) is 41.6 Å². The molecule has 0 radical (unpaired) electrons. The number of amides is 1. The number of hydrogen-bond donors (Lipinski definition) is 0. The summed E-state index contributed by atoms with van der Waals surface area (Å²) >= 11 is 0. The Morgan fingerprint density at radius 3 is 2.41 bits per heavy atom. The van der Waals surface area contributed by atoms with Gasteiger partial charge in [-0.05, 0) is 44.9 Å². The van der Waals surface area contributed by atoms with Crippen LogP contribution in [0.2, 0.25) is 0 Å². The normalized spacial score (nSPS) is 13.8. The molecule has 0 aliphatic heterocycles. The first-order valence-electron chi connectivity index (χ1n) is 10.5. The van der Waals surface area contributed by atoms with Crippen LogP contribution in [0, 0.1) is 0 Å². The molecule has 0 aliphatic rings. The number of alkyl halides is 3. The summed E-state index contributed by atoms with van der Waals surface area (Å²) in [6.45, 7) is 7.75. The van der Waals surface area contributed by atoms with Gasteiger partial charge in [0, 0.05) is 12.1 Å². The summed E-state index contributed by atoms with van der Waals surface area (Å²) in [5.74, 6) is -0.192. The first-order chi connectivity index (χ1) is 15.1. The van der Waals surface area contributed by atoms with Crippen molar-refractivity contribution in [1.82, 2.24) is 24.2 Å². The minimum atomic E-state index is -4.50. The molecule has 0 saturated heterocycles. The van der Waals surface area contributed by atoms with Gasteiger partial charge >= 0.3 is 6.18 Å². The molecule has 2 heterocycles. The number of carbonyl (C=O) groups excluding carboxylic acids is 1. The molecule has 0 spiro atoms. The van der Waals surface area contributed by atoms with Gasteiger partial charge in [-0.1, -0.05) is 19.9 Å². The average Bonchev–Trinajstić information content (AvgIpc) is 3.20. The predicted molar refractivity (Wildman–Crippen MR) is 114 cm³/mol. The molecule has 2 aromatic heterocycles. The van der Waals surface area contributed by atoms with E-state index in [1.54, 1.807) is 4.90 Å². The minimum Gasteiger partial charge on any atom is -0.336 e. The zero-order valence-electron chi connectivity index (χ0n) is 18.4. The zero-order chi connectivity index (χ0) is 23.6. The fraction of sp³-hybridized carbons (Fsp3) is 0.455. The average molecular weight is 449 g/mol. The Balaban J connectivity index is 1.96. The second-order valence-corrected chi connectivity index (χ2v) is 7.83. The van der Waals surface area contributed by atoms with Crippen LogP contribution >= 0.6 is 0 Å². The Kier molecular flexibility index (Phi) is 6.71. The Morgan fingerprint density at radius 2 is 1.81 bits per heavy atom. The first-order valence-corrected chi connectivity index (χ1v) is 10.5. The lowest BCUT2D eigenvalue weighted by Gasteiger charge is -2.34. The number of nitrogens with zero attached hydrogens (tertiary/aromatic N) is 5. The van der Waals surface area contributed by atoms with Crippen molar-refractivity contribution in [1.29, 1.82) is 0 Å². The van der Waals surface area contributed by atoms with Crippen molar-refractivity contribution >= 4 is 16.9 Å². The van der Waals surface area contributed by atoms with Crippen molar-refractivity contribution in [3.05, 3.63) is 52.7 Å². The molecule has 172 valence electrons. The molecule has 0 bridgehead atoms. The predicted octanol–water partition coefficient (Wildman–Crippen LogP) is 4.03. The lowest BCUT2D eigenvalue weighted by atomic mass is 10.1. The molecular weight excluding hydrogens is 423 g/mol. The maximum absolute atomic E-state index is 13.1. The third-order valence-electron chi connectivity index (χ3n) is 5.70. The highest BCUT2D eigenvalue weighted by molar-refractivity contribution is 5.78. The molecule has 1 amide bonds. The Bertz CT molecular complexity index is 1160. The minimum absolute atomic E-state index is 0.0218. The third-order valence-corrected chi connectivity index (χ3v) is 5.70. The number of hydrogen-bond acceptors (Lipinski definition) is 4. The fourth-order valence-corrected chi connectivity index (χ4v) is 3.61. The summed E-state index contributed by atoms with van der Waals surface area (Å²) in [5.41, 5.74) is -1.04. The maximum atomic E-state index is 13.1. The molecule has 0 aliphatic carbocycles. The quantitative estimate of drug-likeness (QED) is 0.546. The number of halogens is 3. The Labute approximate surface area is 183 Å². The molecule has 32 heavy (non-hydrogen) atoms. The maximum Gasteiger partial charge on any atom is 0.416 e. The van der Waals surface area contributed by atoms with E-state index in [4.69, 9.17) is 0 Å². The van der Waals surface area contributed by atoms with Crippen LogP contribution in [0.25, 0.3) is 16.7 Å². The van der Waals surface area contributed by atoms with Gasteiger partial charge in [0.25, 0.3) is 5.56 Å². The van der Waals surface area contributed by atoms with Gasteiger partial charge in [-0.15, -0.1) is 0 Å². The summed E-state index contributed by atoms with van der Waals surface area (Å²) in [5, 5.41) is 4.19. The summed E-state index contributed by atoms with van der Waals surface area (Å²) in [4.78, 5) is 31.9. The largest absolute Gasteiger partial charge is 0.416 e. The molecule has 7 nitrogen and oxygen atoms in total. The van der Waals surface area contributed by atoms with Crippen molar-refractivity contribution in [3.8, 4) is 5.69 Å². The summed E-state index contributed by atoms with van der Waals surface area (Å²) in [7, 11) is 0. The van der Waals surface area contributed by atoms with Crippen LogP contribution < -0.4 is 5.56 Å². The van der Waals surface area contributed by atoms with Crippen LogP contribution in [0.4, 0.5) is 13.2 Å². The molecule has 0 N–H and O–H groups in total. The van der Waals surface area contributed by atoms with Gasteiger partial charge in [-0.3, -0.25) is 14.2 Å². The van der Waals surface area contributed by atoms with Gasteiger partial charge < -0.3 is 4.90 Å². The summed E-state index contributed by atoms with van der Waals surface area (Å²) < 4.78 is 41.6. The van der Waals surface area contributed by atoms with Crippen molar-refractivity contribution in [2.45, 2.75) is 65.3 Å². The molecule has 0 unspecified atom stereocenters. The standard InChI is InChI=1S/C22H26F3N5O2/c1-5-14(3)29(15(4)6-2)19(31)12-28-13-26-20-18(21(28)32)11-27-30(20)17-9-7-8-16(10-17)22(23,24)25/h7-11,13-15H,5-6,12H2,1-4H3/t14-,15-/m1/s1. The van der Waals surface area contributed by atoms with E-state index in [9.17, 15) is 22.8 Å². The van der Waals surface area contributed by atoms with Crippen LogP contribution in [0.3, 0.4) is 0 Å². The van der Waals surface area contributed by atoms with E-state index in [1.165, 1.54) is 33.9 Å². The van der Waals surface area contributed by atoms with Gasteiger partial charge in [-0.25, -0.2) is 9.67 Å². The second kappa shape index (κ2) is 9.13. The molecular formula is C22H26F3N5O2. The van der Waals surface area contributed by atoms with Gasteiger partial charge in [0.05, 0.1) is 17.4 Å². The number of rotatable bonds is 7. The Morgan fingerprint density at radius 1 is 1.16 bits per heavy atom. The molecule has 3 aromatic rings. The number of fused-ring (bicyclic) bond motifs is 1. The number of benzene rings is 1. The van der Waals surface area contributed by atoms with E-state index in [2.05, 4.69) is 10.1 Å². The lowest BCUT2D eigenvalue weighted by molar-refractivity contribution is -0.138. The van der Waals surface area contributed by atoms with Crippen LogP contribution in [-0.4, -0.2) is 42.2 Å². The molecule has 0 fully saturated rings. The van der Waals surface area contributed by atoms with E-state index < -0.39 is 17.3 Å². The van der Waals surface area contributed by atoms with Crippen LogP contribution in [0.1, 0.15) is 46.1 Å². The first kappa shape index (κ1) is 23.5. The van der Waals surface area contributed by atoms with Gasteiger partial charge in [0.1, 0.15) is 18.3 Å². The highest BCUT2D eigenvalue weighted by Gasteiger charge is 2.31. The highest BCUT2D eigenvalue weighted by atomic mass is 19.4. The van der Waals surface area contributed by atoms with Crippen molar-refractivity contribution in [2.24, 2.45) is 0 Å². The molecule has 10 heteroatoms. The van der Waals surface area contributed by atoms with Gasteiger partial charge in [0.15, 0.2) is 5.65 Å². The van der Waals surface area contributed by atoms with E-state index in [0.29, 0.717) is 0 Å². The lowest BCUT2D eigenvalue weighted by Crippen LogP contribution is -2.46. The van der Waals surface area contributed by atoms with E-state index in [-0.39, 0.29) is 41.3 Å². The summed E-state index contributed by atoms with van der Waals surface area (Å²) in [6, 6.07) is 4.67. The van der Waals surface area contributed by atoms with Gasteiger partial charge in [-0.2, -0.15) is 18.3 Å². The smallest absolute Gasteiger partial charge is 0.336 e. The van der Waals surface area contributed by atoms with Crippen molar-refractivity contribution in [3.63, 3.8) is 0 Å². The highest BCUT2D eigenvalue weighted by Crippen LogP contribution is 2.30. The summed E-state index contributed by atoms with van der Waals surface area (Å²) in [6.07, 6.45) is -0.443. The monoisotopic (exact) mass is 449 g/mol. The van der Waals surface area contributed by atoms with E-state index >= 15 is 0 Å². The van der Waals surface area contributed by atoms with E-state index in [0.717, 1.165) is 25.0 Å². The number of carbonyl (C=O) groups is 1. The van der Waals surface area contributed by atoms with Crippen molar-refractivity contribution in [2.75, 3.05) is 0 Å². The van der Waals surface area contributed by atoms with Crippen LogP contribution in [0.5, 0.6) is 0 Å². The zero-order valence-corrected chi connectivity index (χ0v) is 18.4. The topological polar surface area (TPSA) is 73.0 Å². The third kappa shape index (κ3) is 4.53. The fourth-order valence-electron chi connectivity index (χ4n) is 3.61. The molecule has 3 rings (SSSR count). The molecule has 1 aromatic carbocycles. The van der Waals surface area contributed by atoms with Crippen LogP contribution in [-0.2, 0) is 17.5 Å². The van der Waals surface area contributed by atoms with E-state index in [1.807, 2.05) is 27.7 Å². The Hall–Kier alpha value is -3.17. The second-order valence-electron chi connectivity index (χ2n) is 7.83. The SMILES string of the molecule is CC[C@@H](C)N(C(=O)Cn1cnc2c(cnn2-c2cccc(C(F)(F)F)c2)c1=O)[C@H](C)CC. The van der Waals surface area contributed by atoms with Gasteiger partial charge in [0.2, 0.25) is 5.91 Å². The van der Waals surface area contributed by atoms with Crippen molar-refractivity contribution < 1.29 is 18.0 Å². The number of aromatic nitrogens is 4. The molecule has 2 atom stereocenters.